The molecule has 1 atom stereocenters. The van der Waals surface area contributed by atoms with E-state index in [0.29, 0.717) is 30.5 Å². The molecule has 6 heteroatoms. The van der Waals surface area contributed by atoms with E-state index in [1.165, 1.54) is 6.07 Å². The van der Waals surface area contributed by atoms with Crippen LogP contribution >= 0.6 is 0 Å². The van der Waals surface area contributed by atoms with Gasteiger partial charge in [0.2, 0.25) is 0 Å². The molecule has 0 bridgehead atoms. The van der Waals surface area contributed by atoms with Crippen molar-refractivity contribution in [3.8, 4) is 5.75 Å². The molecule has 4 rings (SSSR count). The van der Waals surface area contributed by atoms with Crippen molar-refractivity contribution in [1.82, 2.24) is 9.88 Å². The minimum atomic E-state index is -0.577. The standard InChI is InChI=1S/C25H25FN2O3/c1-25(14-20-6-2-3-7-22(20)26)15-21-13-19(8-9-23(21)31-25)24(30)28(11-12-29)17-18-5-4-10-27-16-18/h2-10,13,16,29H,11-12,14-15,17H2,1H3/t25-/m1/s1. The Morgan fingerprint density at radius 3 is 2.81 bits per heavy atom. The molecule has 160 valence electrons. The molecule has 1 amide bonds. The molecule has 0 unspecified atom stereocenters. The summed E-state index contributed by atoms with van der Waals surface area (Å²) in [6.07, 6.45) is 4.42. The van der Waals surface area contributed by atoms with Gasteiger partial charge in [-0.2, -0.15) is 0 Å². The van der Waals surface area contributed by atoms with Gasteiger partial charge in [-0.1, -0.05) is 24.3 Å². The number of benzene rings is 2. The highest BCUT2D eigenvalue weighted by Crippen LogP contribution is 2.38. The lowest BCUT2D eigenvalue weighted by molar-refractivity contribution is 0.0707. The fraction of sp³-hybridized carbons (Fsp3) is 0.280. The molecule has 1 N–H and O–H groups in total. The molecule has 31 heavy (non-hydrogen) atoms. The number of aromatic nitrogens is 1. The van der Waals surface area contributed by atoms with Gasteiger partial charge in [0, 0.05) is 43.9 Å². The summed E-state index contributed by atoms with van der Waals surface area (Å²) < 4.78 is 20.3. The fourth-order valence-electron chi connectivity index (χ4n) is 4.07. The first-order chi connectivity index (χ1) is 15.0. The molecule has 1 aliphatic heterocycles. The van der Waals surface area contributed by atoms with Crippen molar-refractivity contribution >= 4 is 5.91 Å². The predicted molar refractivity (Wildman–Crippen MR) is 115 cm³/mol. The average molecular weight is 420 g/mol. The number of aliphatic hydroxyl groups is 1. The Labute approximate surface area is 181 Å². The van der Waals surface area contributed by atoms with E-state index in [2.05, 4.69) is 4.98 Å². The Kier molecular flexibility index (Phi) is 6.00. The van der Waals surface area contributed by atoms with Crippen molar-refractivity contribution in [2.24, 2.45) is 0 Å². The molecular formula is C25H25FN2O3. The van der Waals surface area contributed by atoms with Crippen LogP contribution in [-0.4, -0.2) is 39.7 Å². The highest BCUT2D eigenvalue weighted by atomic mass is 19.1. The Morgan fingerprint density at radius 2 is 2.06 bits per heavy atom. The Balaban J connectivity index is 1.52. The van der Waals surface area contributed by atoms with Gasteiger partial charge in [0.05, 0.1) is 6.61 Å². The molecule has 1 aliphatic rings. The van der Waals surface area contributed by atoms with Crippen molar-refractivity contribution in [2.75, 3.05) is 13.2 Å². The Bertz CT molecular complexity index is 1070. The average Bonchev–Trinajstić information content (AvgIpc) is 3.10. The number of nitrogens with zero attached hydrogens (tertiary/aromatic N) is 2. The van der Waals surface area contributed by atoms with Gasteiger partial charge in [-0.25, -0.2) is 4.39 Å². The molecule has 3 aromatic rings. The quantitative estimate of drug-likeness (QED) is 0.632. The minimum Gasteiger partial charge on any atom is -0.487 e. The summed E-state index contributed by atoms with van der Waals surface area (Å²) in [5.41, 5.74) is 2.39. The molecule has 2 heterocycles. The second-order valence-electron chi connectivity index (χ2n) is 8.13. The van der Waals surface area contributed by atoms with E-state index in [0.717, 1.165) is 16.9 Å². The zero-order chi connectivity index (χ0) is 21.8. The molecule has 1 aromatic heterocycles. The van der Waals surface area contributed by atoms with Crippen LogP contribution < -0.4 is 4.74 Å². The lowest BCUT2D eigenvalue weighted by Crippen LogP contribution is -2.33. The zero-order valence-electron chi connectivity index (χ0n) is 17.4. The van der Waals surface area contributed by atoms with Gasteiger partial charge in [-0.05, 0) is 53.9 Å². The SMILES string of the molecule is C[C@@]1(Cc2ccccc2F)Cc2cc(C(=O)N(CCO)Cc3cccnc3)ccc2O1. The molecule has 0 fully saturated rings. The molecule has 0 radical (unpaired) electrons. The Hall–Kier alpha value is -3.25. The number of ether oxygens (including phenoxy) is 1. The summed E-state index contributed by atoms with van der Waals surface area (Å²) in [7, 11) is 0. The summed E-state index contributed by atoms with van der Waals surface area (Å²) >= 11 is 0. The van der Waals surface area contributed by atoms with Crippen molar-refractivity contribution in [3.05, 3.63) is 95.1 Å². The molecule has 0 aliphatic carbocycles. The maximum Gasteiger partial charge on any atom is 0.254 e. The van der Waals surface area contributed by atoms with E-state index >= 15 is 0 Å². The monoisotopic (exact) mass is 420 g/mol. The number of carbonyl (C=O) groups excluding carboxylic acids is 1. The van der Waals surface area contributed by atoms with E-state index in [1.54, 1.807) is 41.6 Å². The number of hydrogen-bond acceptors (Lipinski definition) is 4. The smallest absolute Gasteiger partial charge is 0.254 e. The van der Waals surface area contributed by atoms with Gasteiger partial charge < -0.3 is 14.7 Å². The number of carbonyl (C=O) groups is 1. The minimum absolute atomic E-state index is 0.124. The lowest BCUT2D eigenvalue weighted by atomic mass is 9.91. The number of halogens is 1. The summed E-state index contributed by atoms with van der Waals surface area (Å²) in [5.74, 6) is 0.314. The van der Waals surface area contributed by atoms with E-state index in [1.807, 2.05) is 31.2 Å². The van der Waals surface area contributed by atoms with Crippen LogP contribution in [0.5, 0.6) is 5.75 Å². The number of hydrogen-bond donors (Lipinski definition) is 1. The third kappa shape index (κ3) is 4.75. The van der Waals surface area contributed by atoms with Crippen LogP contribution in [0.1, 0.15) is 34.0 Å². The van der Waals surface area contributed by atoms with Crippen molar-refractivity contribution in [1.29, 1.82) is 0 Å². The maximum atomic E-state index is 14.1. The summed E-state index contributed by atoms with van der Waals surface area (Å²) in [4.78, 5) is 18.8. The van der Waals surface area contributed by atoms with Crippen LogP contribution in [0.2, 0.25) is 0 Å². The number of rotatable bonds is 7. The summed E-state index contributed by atoms with van der Waals surface area (Å²) in [6, 6.07) is 15.8. The van der Waals surface area contributed by atoms with Crippen LogP contribution in [0.4, 0.5) is 4.39 Å². The first-order valence-corrected chi connectivity index (χ1v) is 10.3. The summed E-state index contributed by atoms with van der Waals surface area (Å²) in [5, 5.41) is 9.44. The normalized spacial score (nSPS) is 17.1. The van der Waals surface area contributed by atoms with Gasteiger partial charge in [-0.3, -0.25) is 9.78 Å². The molecule has 0 spiro atoms. The first kappa shape index (κ1) is 21.0. The van der Waals surface area contributed by atoms with Crippen LogP contribution in [0.3, 0.4) is 0 Å². The largest absolute Gasteiger partial charge is 0.487 e. The second-order valence-corrected chi connectivity index (χ2v) is 8.13. The Morgan fingerprint density at radius 1 is 1.23 bits per heavy atom. The number of pyridine rings is 1. The molecule has 0 saturated heterocycles. The molecular weight excluding hydrogens is 395 g/mol. The fourth-order valence-corrected chi connectivity index (χ4v) is 4.07. The first-order valence-electron chi connectivity index (χ1n) is 10.3. The van der Waals surface area contributed by atoms with Crippen LogP contribution in [0.25, 0.3) is 0 Å². The highest BCUT2D eigenvalue weighted by molar-refractivity contribution is 5.94. The van der Waals surface area contributed by atoms with Crippen LogP contribution in [0.15, 0.2) is 67.0 Å². The van der Waals surface area contributed by atoms with E-state index < -0.39 is 5.60 Å². The van der Waals surface area contributed by atoms with Gasteiger partial charge in [0.25, 0.3) is 5.91 Å². The van der Waals surface area contributed by atoms with Gasteiger partial charge in [-0.15, -0.1) is 0 Å². The predicted octanol–water partition coefficient (Wildman–Crippen LogP) is 3.79. The van der Waals surface area contributed by atoms with Crippen molar-refractivity contribution in [3.63, 3.8) is 0 Å². The zero-order valence-corrected chi connectivity index (χ0v) is 17.4. The van der Waals surface area contributed by atoms with E-state index in [9.17, 15) is 14.3 Å². The number of aliphatic hydroxyl groups excluding tert-OH is 1. The highest BCUT2D eigenvalue weighted by Gasteiger charge is 2.36. The van der Waals surface area contributed by atoms with Gasteiger partial charge in [0.15, 0.2) is 0 Å². The van der Waals surface area contributed by atoms with E-state index in [-0.39, 0.29) is 24.9 Å². The number of fused-ring (bicyclic) bond motifs is 1. The van der Waals surface area contributed by atoms with Crippen LogP contribution in [-0.2, 0) is 19.4 Å². The molecule has 0 saturated carbocycles. The molecule has 5 nitrogen and oxygen atoms in total. The van der Waals surface area contributed by atoms with Crippen molar-refractivity contribution in [2.45, 2.75) is 31.9 Å². The summed E-state index contributed by atoms with van der Waals surface area (Å²) in [6.45, 7) is 2.43. The maximum absolute atomic E-state index is 14.1. The number of amides is 1. The molecule has 2 aromatic carbocycles. The van der Waals surface area contributed by atoms with E-state index in [4.69, 9.17) is 4.74 Å². The van der Waals surface area contributed by atoms with Crippen LogP contribution in [0, 0.1) is 5.82 Å². The topological polar surface area (TPSA) is 62.7 Å². The van der Waals surface area contributed by atoms with Gasteiger partial charge >= 0.3 is 0 Å². The second kappa shape index (κ2) is 8.86. The van der Waals surface area contributed by atoms with Crippen molar-refractivity contribution < 1.29 is 19.0 Å². The third-order valence-corrected chi connectivity index (χ3v) is 5.50. The third-order valence-electron chi connectivity index (χ3n) is 5.50. The van der Waals surface area contributed by atoms with Gasteiger partial charge in [0.1, 0.15) is 17.2 Å². The lowest BCUT2D eigenvalue weighted by Gasteiger charge is -2.24.